The summed E-state index contributed by atoms with van der Waals surface area (Å²) in [5.41, 5.74) is 2.41. The summed E-state index contributed by atoms with van der Waals surface area (Å²) in [7, 11) is 2.90. The van der Waals surface area contributed by atoms with Gasteiger partial charge in [0.1, 0.15) is 11.3 Å². The van der Waals surface area contributed by atoms with Gasteiger partial charge in [-0.1, -0.05) is 22.0 Å². The van der Waals surface area contributed by atoms with Gasteiger partial charge in [-0.05, 0) is 18.6 Å². The van der Waals surface area contributed by atoms with E-state index in [1.54, 1.807) is 13.2 Å². The molecular formula is C11H13BrO3. The third-order valence-electron chi connectivity index (χ3n) is 2.06. The zero-order valence-corrected chi connectivity index (χ0v) is 10.6. The molecular weight excluding hydrogens is 260 g/mol. The molecule has 0 bridgehead atoms. The van der Waals surface area contributed by atoms with Crippen molar-refractivity contribution < 1.29 is 14.3 Å². The molecule has 3 nitrogen and oxygen atoms in total. The predicted octanol–water partition coefficient (Wildman–Crippen LogP) is 2.69. The fraction of sp³-hybridized carbons (Fsp3) is 0.364. The molecule has 82 valence electrons. The van der Waals surface area contributed by atoms with E-state index >= 15 is 0 Å². The Morgan fingerprint density at radius 2 is 2.07 bits per heavy atom. The van der Waals surface area contributed by atoms with Crippen molar-refractivity contribution in [1.29, 1.82) is 0 Å². The van der Waals surface area contributed by atoms with Crippen LogP contribution in [0, 0.1) is 6.92 Å². The summed E-state index contributed by atoms with van der Waals surface area (Å²) in [6.07, 6.45) is 0. The number of rotatable bonds is 3. The molecule has 0 N–H and O–H groups in total. The lowest BCUT2D eigenvalue weighted by atomic mass is 10.1. The van der Waals surface area contributed by atoms with E-state index in [9.17, 15) is 4.79 Å². The number of halogens is 1. The van der Waals surface area contributed by atoms with Gasteiger partial charge in [-0.15, -0.1) is 0 Å². The van der Waals surface area contributed by atoms with E-state index in [0.29, 0.717) is 16.6 Å². The number of esters is 1. The summed E-state index contributed by atoms with van der Waals surface area (Å²) in [4.78, 5) is 11.5. The number of aryl methyl sites for hydroxylation is 1. The number of alkyl halides is 1. The van der Waals surface area contributed by atoms with Crippen LogP contribution in [0.1, 0.15) is 21.5 Å². The lowest BCUT2D eigenvalue weighted by Gasteiger charge is -2.11. The van der Waals surface area contributed by atoms with E-state index < -0.39 is 0 Å². The summed E-state index contributed by atoms with van der Waals surface area (Å²) in [5.74, 6) is 0.196. The highest BCUT2D eigenvalue weighted by Crippen LogP contribution is 2.28. The third-order valence-corrected chi connectivity index (χ3v) is 2.67. The maximum Gasteiger partial charge on any atom is 0.341 e. The van der Waals surface area contributed by atoms with Gasteiger partial charge in [-0.3, -0.25) is 0 Å². The number of carbonyl (C=O) groups excluding carboxylic acids is 1. The van der Waals surface area contributed by atoms with Crippen molar-refractivity contribution in [2.45, 2.75) is 12.3 Å². The van der Waals surface area contributed by atoms with Crippen LogP contribution in [-0.2, 0) is 10.1 Å². The van der Waals surface area contributed by atoms with Crippen LogP contribution in [0.4, 0.5) is 0 Å². The Bertz CT molecular complexity index is 374. The molecule has 0 fully saturated rings. The monoisotopic (exact) mass is 272 g/mol. The van der Waals surface area contributed by atoms with Gasteiger partial charge in [0.25, 0.3) is 0 Å². The minimum Gasteiger partial charge on any atom is -0.496 e. The normalized spacial score (nSPS) is 9.87. The molecule has 1 aromatic carbocycles. The Kier molecular flexibility index (Phi) is 4.15. The van der Waals surface area contributed by atoms with Gasteiger partial charge in [0, 0.05) is 10.9 Å². The van der Waals surface area contributed by atoms with Crippen LogP contribution in [0.25, 0.3) is 0 Å². The molecule has 0 atom stereocenters. The molecule has 1 rings (SSSR count). The number of hydrogen-bond donors (Lipinski definition) is 0. The van der Waals surface area contributed by atoms with Crippen molar-refractivity contribution in [3.8, 4) is 5.75 Å². The van der Waals surface area contributed by atoms with Gasteiger partial charge in [0.15, 0.2) is 0 Å². The summed E-state index contributed by atoms with van der Waals surface area (Å²) in [6.45, 7) is 1.93. The lowest BCUT2D eigenvalue weighted by molar-refractivity contribution is 0.0597. The minimum atomic E-state index is -0.377. The third kappa shape index (κ3) is 2.50. The number of ether oxygens (including phenoxy) is 2. The minimum absolute atomic E-state index is 0.377. The average molecular weight is 273 g/mol. The molecule has 4 heteroatoms. The number of carbonyl (C=O) groups is 1. The molecule has 0 saturated heterocycles. The van der Waals surface area contributed by atoms with Crippen LogP contribution >= 0.6 is 15.9 Å². The molecule has 0 spiro atoms. The topological polar surface area (TPSA) is 35.5 Å². The van der Waals surface area contributed by atoms with Crippen LogP contribution in [-0.4, -0.2) is 20.2 Å². The van der Waals surface area contributed by atoms with Crippen molar-refractivity contribution in [1.82, 2.24) is 0 Å². The molecule has 0 amide bonds. The first-order valence-electron chi connectivity index (χ1n) is 4.45. The van der Waals surface area contributed by atoms with E-state index in [4.69, 9.17) is 9.47 Å². The number of methoxy groups -OCH3 is 2. The second-order valence-corrected chi connectivity index (χ2v) is 3.69. The number of benzene rings is 1. The van der Waals surface area contributed by atoms with Gasteiger partial charge >= 0.3 is 5.97 Å². The summed E-state index contributed by atoms with van der Waals surface area (Å²) >= 11 is 3.36. The Labute approximate surface area is 97.5 Å². The maximum atomic E-state index is 11.5. The second kappa shape index (κ2) is 5.16. The predicted molar refractivity (Wildman–Crippen MR) is 61.7 cm³/mol. The molecule has 0 aliphatic heterocycles. The molecule has 0 radical (unpaired) electrons. The fourth-order valence-electron chi connectivity index (χ4n) is 1.45. The first-order chi connectivity index (χ1) is 7.13. The van der Waals surface area contributed by atoms with Crippen LogP contribution in [0.2, 0.25) is 0 Å². The van der Waals surface area contributed by atoms with Crippen molar-refractivity contribution in [2.24, 2.45) is 0 Å². The van der Waals surface area contributed by atoms with E-state index in [1.807, 2.05) is 13.0 Å². The SMILES string of the molecule is COC(=O)c1cc(C)cc(CBr)c1OC. The number of hydrogen-bond acceptors (Lipinski definition) is 3. The molecule has 0 heterocycles. The second-order valence-electron chi connectivity index (χ2n) is 3.13. The Hall–Kier alpha value is -1.03. The first kappa shape index (κ1) is 12.0. The lowest BCUT2D eigenvalue weighted by Crippen LogP contribution is -2.06. The Morgan fingerprint density at radius 1 is 1.40 bits per heavy atom. The Balaban J connectivity index is 3.35. The van der Waals surface area contributed by atoms with E-state index in [0.717, 1.165) is 11.1 Å². The highest BCUT2D eigenvalue weighted by atomic mass is 79.9. The quantitative estimate of drug-likeness (QED) is 0.627. The molecule has 15 heavy (non-hydrogen) atoms. The molecule has 0 saturated carbocycles. The molecule has 1 aromatic rings. The first-order valence-corrected chi connectivity index (χ1v) is 5.58. The zero-order valence-electron chi connectivity index (χ0n) is 8.96. The van der Waals surface area contributed by atoms with Crippen molar-refractivity contribution in [2.75, 3.05) is 14.2 Å². The van der Waals surface area contributed by atoms with Crippen LogP contribution in [0.3, 0.4) is 0 Å². The van der Waals surface area contributed by atoms with Crippen LogP contribution < -0.4 is 4.74 Å². The molecule has 0 aromatic heterocycles. The smallest absolute Gasteiger partial charge is 0.341 e. The standard InChI is InChI=1S/C11H13BrO3/c1-7-4-8(6-12)10(14-2)9(5-7)11(13)15-3/h4-5H,6H2,1-3H3. The van der Waals surface area contributed by atoms with Gasteiger partial charge in [0.05, 0.1) is 14.2 Å². The summed E-state index contributed by atoms with van der Waals surface area (Å²) in [6, 6.07) is 3.73. The highest BCUT2D eigenvalue weighted by Gasteiger charge is 2.16. The maximum absolute atomic E-state index is 11.5. The highest BCUT2D eigenvalue weighted by molar-refractivity contribution is 9.08. The van der Waals surface area contributed by atoms with Gasteiger partial charge in [0.2, 0.25) is 0 Å². The van der Waals surface area contributed by atoms with Gasteiger partial charge in [-0.25, -0.2) is 4.79 Å². The van der Waals surface area contributed by atoms with E-state index in [-0.39, 0.29) is 5.97 Å². The van der Waals surface area contributed by atoms with Crippen LogP contribution in [0.5, 0.6) is 5.75 Å². The largest absolute Gasteiger partial charge is 0.496 e. The van der Waals surface area contributed by atoms with E-state index in [1.165, 1.54) is 7.11 Å². The van der Waals surface area contributed by atoms with Crippen molar-refractivity contribution >= 4 is 21.9 Å². The molecule has 0 aliphatic carbocycles. The van der Waals surface area contributed by atoms with E-state index in [2.05, 4.69) is 15.9 Å². The van der Waals surface area contributed by atoms with Crippen LogP contribution in [0.15, 0.2) is 12.1 Å². The molecule has 0 unspecified atom stereocenters. The van der Waals surface area contributed by atoms with Gasteiger partial charge < -0.3 is 9.47 Å². The molecule has 0 aliphatic rings. The fourth-order valence-corrected chi connectivity index (χ4v) is 1.87. The average Bonchev–Trinajstić information content (AvgIpc) is 2.26. The summed E-state index contributed by atoms with van der Waals surface area (Å²) < 4.78 is 9.91. The van der Waals surface area contributed by atoms with Crippen molar-refractivity contribution in [3.63, 3.8) is 0 Å². The Morgan fingerprint density at radius 3 is 2.53 bits per heavy atom. The van der Waals surface area contributed by atoms with Gasteiger partial charge in [-0.2, -0.15) is 0 Å². The zero-order chi connectivity index (χ0) is 11.4. The summed E-state index contributed by atoms with van der Waals surface area (Å²) in [5, 5.41) is 0.641. The van der Waals surface area contributed by atoms with Crippen molar-refractivity contribution in [3.05, 3.63) is 28.8 Å².